The molecule has 1 unspecified atom stereocenters. The number of aromatic nitrogens is 1. The zero-order chi connectivity index (χ0) is 13.8. The average Bonchev–Trinajstić information content (AvgIpc) is 2.84. The zero-order valence-electron chi connectivity index (χ0n) is 10.9. The van der Waals surface area contributed by atoms with E-state index in [2.05, 4.69) is 17.2 Å². The molecule has 0 bridgehead atoms. The summed E-state index contributed by atoms with van der Waals surface area (Å²) in [4.78, 5) is 4.29. The molecule has 0 fully saturated rings. The molecule has 0 aliphatic carbocycles. The molecule has 0 aliphatic heterocycles. The number of rotatable bonds is 5. The van der Waals surface area contributed by atoms with Crippen LogP contribution in [-0.4, -0.2) is 11.5 Å². The first kappa shape index (κ1) is 14.4. The molecule has 0 amide bonds. The zero-order valence-corrected chi connectivity index (χ0v) is 12.4. The molecule has 3 nitrogen and oxygen atoms in total. The highest BCUT2D eigenvalue weighted by Gasteiger charge is 2.13. The highest BCUT2D eigenvalue weighted by atomic mass is 35.5. The van der Waals surface area contributed by atoms with Crippen LogP contribution in [0, 0.1) is 0 Å². The maximum atomic E-state index is 5.98. The standard InChI is InChI=1S/C14H16Cl2N2O/c1-3-4-17-9(2)14-18-8-13(19-14)10-5-11(15)7-12(16)6-10/h5-9,17H,3-4H2,1-2H3. The van der Waals surface area contributed by atoms with Crippen molar-refractivity contribution in [2.45, 2.75) is 26.3 Å². The fourth-order valence-electron chi connectivity index (χ4n) is 1.77. The van der Waals surface area contributed by atoms with Gasteiger partial charge in [0.15, 0.2) is 5.76 Å². The Balaban J connectivity index is 2.20. The maximum Gasteiger partial charge on any atom is 0.211 e. The van der Waals surface area contributed by atoms with Crippen LogP contribution < -0.4 is 5.32 Å². The van der Waals surface area contributed by atoms with Crippen molar-refractivity contribution >= 4 is 23.2 Å². The van der Waals surface area contributed by atoms with Crippen molar-refractivity contribution in [2.24, 2.45) is 0 Å². The lowest BCUT2D eigenvalue weighted by Gasteiger charge is -2.08. The van der Waals surface area contributed by atoms with Gasteiger partial charge in [-0.05, 0) is 38.1 Å². The molecule has 1 atom stereocenters. The van der Waals surface area contributed by atoms with Crippen LogP contribution in [0.3, 0.4) is 0 Å². The molecule has 5 heteroatoms. The lowest BCUT2D eigenvalue weighted by molar-refractivity contribution is 0.423. The predicted octanol–water partition coefficient (Wildman–Crippen LogP) is 4.71. The van der Waals surface area contributed by atoms with Gasteiger partial charge in [-0.25, -0.2) is 4.98 Å². The van der Waals surface area contributed by atoms with Gasteiger partial charge in [0.05, 0.1) is 12.2 Å². The summed E-state index contributed by atoms with van der Waals surface area (Å²) in [5.74, 6) is 1.34. The summed E-state index contributed by atoms with van der Waals surface area (Å²) in [5, 5.41) is 4.49. The number of nitrogens with one attached hydrogen (secondary N) is 1. The third-order valence-corrected chi connectivity index (χ3v) is 3.18. The van der Waals surface area contributed by atoms with Crippen LogP contribution in [0.5, 0.6) is 0 Å². The molecule has 0 spiro atoms. The Labute approximate surface area is 122 Å². The fraction of sp³-hybridized carbons (Fsp3) is 0.357. The minimum absolute atomic E-state index is 0.0864. The first-order valence-electron chi connectivity index (χ1n) is 6.25. The fourth-order valence-corrected chi connectivity index (χ4v) is 2.29. The van der Waals surface area contributed by atoms with Gasteiger partial charge in [-0.1, -0.05) is 30.1 Å². The van der Waals surface area contributed by atoms with Crippen molar-refractivity contribution in [3.63, 3.8) is 0 Å². The van der Waals surface area contributed by atoms with Crippen LogP contribution >= 0.6 is 23.2 Å². The number of halogens is 2. The summed E-state index contributed by atoms with van der Waals surface area (Å²) in [6.07, 6.45) is 2.77. The van der Waals surface area contributed by atoms with Gasteiger partial charge in [0.2, 0.25) is 5.89 Å². The second-order valence-corrected chi connectivity index (χ2v) is 5.27. The molecule has 2 aromatic rings. The molecule has 102 valence electrons. The number of hydrogen-bond acceptors (Lipinski definition) is 3. The van der Waals surface area contributed by atoms with E-state index < -0.39 is 0 Å². The first-order valence-corrected chi connectivity index (χ1v) is 7.01. The Bertz CT molecular complexity index is 534. The summed E-state index contributed by atoms with van der Waals surface area (Å²) in [7, 11) is 0. The van der Waals surface area contributed by atoms with Crippen LogP contribution in [0.4, 0.5) is 0 Å². The van der Waals surface area contributed by atoms with E-state index in [4.69, 9.17) is 27.6 Å². The van der Waals surface area contributed by atoms with Crippen LogP contribution in [0.15, 0.2) is 28.8 Å². The van der Waals surface area contributed by atoms with Crippen molar-refractivity contribution in [3.05, 3.63) is 40.3 Å². The molecule has 0 radical (unpaired) electrons. The molecule has 1 aromatic heterocycles. The van der Waals surface area contributed by atoms with Crippen LogP contribution in [0.1, 0.15) is 32.2 Å². The largest absolute Gasteiger partial charge is 0.439 e. The second-order valence-electron chi connectivity index (χ2n) is 4.40. The minimum Gasteiger partial charge on any atom is -0.439 e. The van der Waals surface area contributed by atoms with Gasteiger partial charge in [0, 0.05) is 15.6 Å². The summed E-state index contributed by atoms with van der Waals surface area (Å²) >= 11 is 12.0. The Kier molecular flexibility index (Phi) is 4.86. The lowest BCUT2D eigenvalue weighted by Crippen LogP contribution is -2.19. The van der Waals surface area contributed by atoms with E-state index in [9.17, 15) is 0 Å². The SMILES string of the molecule is CCCNC(C)c1ncc(-c2cc(Cl)cc(Cl)c2)o1. The lowest BCUT2D eigenvalue weighted by atomic mass is 10.2. The van der Waals surface area contributed by atoms with Crippen molar-refractivity contribution < 1.29 is 4.42 Å². The van der Waals surface area contributed by atoms with Gasteiger partial charge < -0.3 is 9.73 Å². The highest BCUT2D eigenvalue weighted by Crippen LogP contribution is 2.28. The van der Waals surface area contributed by atoms with E-state index in [0.717, 1.165) is 18.5 Å². The molecular formula is C14H16Cl2N2O. The van der Waals surface area contributed by atoms with E-state index in [1.165, 1.54) is 0 Å². The molecule has 0 aliphatic rings. The Hall–Kier alpha value is -1.03. The van der Waals surface area contributed by atoms with Gasteiger partial charge in [-0.2, -0.15) is 0 Å². The van der Waals surface area contributed by atoms with Crippen molar-refractivity contribution in [2.75, 3.05) is 6.54 Å². The van der Waals surface area contributed by atoms with Gasteiger partial charge in [-0.3, -0.25) is 0 Å². The maximum absolute atomic E-state index is 5.98. The molecule has 1 aromatic carbocycles. The number of hydrogen-bond donors (Lipinski definition) is 1. The van der Waals surface area contributed by atoms with Gasteiger partial charge >= 0.3 is 0 Å². The normalized spacial score (nSPS) is 12.6. The summed E-state index contributed by atoms with van der Waals surface area (Å²) < 4.78 is 5.75. The van der Waals surface area contributed by atoms with Crippen molar-refractivity contribution in [1.82, 2.24) is 10.3 Å². The Morgan fingerprint density at radius 2 is 1.95 bits per heavy atom. The second kappa shape index (κ2) is 6.42. The van der Waals surface area contributed by atoms with E-state index in [1.807, 2.05) is 19.1 Å². The summed E-state index contributed by atoms with van der Waals surface area (Å²) in [6, 6.07) is 5.39. The number of benzene rings is 1. The predicted molar refractivity (Wildman–Crippen MR) is 78.7 cm³/mol. The molecule has 19 heavy (non-hydrogen) atoms. The topological polar surface area (TPSA) is 38.1 Å². The third-order valence-electron chi connectivity index (χ3n) is 2.74. The Morgan fingerprint density at radius 3 is 2.58 bits per heavy atom. The highest BCUT2D eigenvalue weighted by molar-refractivity contribution is 6.35. The smallest absolute Gasteiger partial charge is 0.211 e. The average molecular weight is 299 g/mol. The van der Waals surface area contributed by atoms with Gasteiger partial charge in [0.25, 0.3) is 0 Å². The first-order chi connectivity index (χ1) is 9.10. The quantitative estimate of drug-likeness (QED) is 0.869. The Morgan fingerprint density at radius 1 is 1.26 bits per heavy atom. The summed E-state index contributed by atoms with van der Waals surface area (Å²) in [5.41, 5.74) is 0.832. The monoisotopic (exact) mass is 298 g/mol. The molecule has 2 rings (SSSR count). The van der Waals surface area contributed by atoms with Crippen LogP contribution in [0.25, 0.3) is 11.3 Å². The van der Waals surface area contributed by atoms with Gasteiger partial charge in [0.1, 0.15) is 0 Å². The van der Waals surface area contributed by atoms with Crippen LogP contribution in [0.2, 0.25) is 10.0 Å². The van der Waals surface area contributed by atoms with E-state index in [0.29, 0.717) is 21.7 Å². The van der Waals surface area contributed by atoms with Crippen molar-refractivity contribution in [3.8, 4) is 11.3 Å². The molecule has 1 N–H and O–H groups in total. The third kappa shape index (κ3) is 3.72. The van der Waals surface area contributed by atoms with Crippen molar-refractivity contribution in [1.29, 1.82) is 0 Å². The molecule has 0 saturated carbocycles. The number of oxazole rings is 1. The van der Waals surface area contributed by atoms with E-state index in [1.54, 1.807) is 12.3 Å². The molecule has 1 heterocycles. The minimum atomic E-state index is 0.0864. The number of nitrogens with zero attached hydrogens (tertiary/aromatic N) is 1. The molecule has 0 saturated heterocycles. The molecular weight excluding hydrogens is 283 g/mol. The van der Waals surface area contributed by atoms with Crippen LogP contribution in [-0.2, 0) is 0 Å². The van der Waals surface area contributed by atoms with Gasteiger partial charge in [-0.15, -0.1) is 0 Å². The van der Waals surface area contributed by atoms with E-state index in [-0.39, 0.29) is 6.04 Å². The van der Waals surface area contributed by atoms with E-state index >= 15 is 0 Å². The summed E-state index contributed by atoms with van der Waals surface area (Å²) in [6.45, 7) is 5.08.